The summed E-state index contributed by atoms with van der Waals surface area (Å²) in [6.07, 6.45) is 1.82. The SMILES string of the molecule is CN(CCCO)CCC1COC(CCC(=O)O)O1. The van der Waals surface area contributed by atoms with Crippen LogP contribution in [0.2, 0.25) is 0 Å². The van der Waals surface area contributed by atoms with Crippen molar-refractivity contribution in [3.05, 3.63) is 0 Å². The van der Waals surface area contributed by atoms with E-state index >= 15 is 0 Å². The van der Waals surface area contributed by atoms with Gasteiger partial charge in [0.05, 0.1) is 19.1 Å². The van der Waals surface area contributed by atoms with E-state index in [-0.39, 0.29) is 25.4 Å². The maximum atomic E-state index is 10.4. The van der Waals surface area contributed by atoms with Crippen LogP contribution in [-0.4, -0.2) is 66.8 Å². The summed E-state index contributed by atoms with van der Waals surface area (Å²) in [5.74, 6) is -0.825. The summed E-state index contributed by atoms with van der Waals surface area (Å²) in [6.45, 7) is 2.51. The molecule has 0 aromatic rings. The van der Waals surface area contributed by atoms with Gasteiger partial charge in [0.25, 0.3) is 0 Å². The minimum atomic E-state index is -0.825. The van der Waals surface area contributed by atoms with Gasteiger partial charge in [-0.1, -0.05) is 0 Å². The predicted molar refractivity (Wildman–Crippen MR) is 65.3 cm³/mol. The average Bonchev–Trinajstić information content (AvgIpc) is 2.79. The second kappa shape index (κ2) is 8.42. The molecule has 1 aliphatic heterocycles. The summed E-state index contributed by atoms with van der Waals surface area (Å²) in [6, 6.07) is 0. The van der Waals surface area contributed by atoms with Crippen molar-refractivity contribution in [2.45, 2.75) is 38.1 Å². The highest BCUT2D eigenvalue weighted by Crippen LogP contribution is 2.18. The molecule has 0 aromatic heterocycles. The molecule has 0 bridgehead atoms. The van der Waals surface area contributed by atoms with Crippen molar-refractivity contribution in [2.75, 3.05) is 33.4 Å². The van der Waals surface area contributed by atoms with Gasteiger partial charge in [0.15, 0.2) is 6.29 Å². The van der Waals surface area contributed by atoms with Crippen molar-refractivity contribution in [1.29, 1.82) is 0 Å². The van der Waals surface area contributed by atoms with Gasteiger partial charge in [-0.25, -0.2) is 0 Å². The fraction of sp³-hybridized carbons (Fsp3) is 0.917. The first-order chi connectivity index (χ1) is 8.61. The molecule has 0 saturated carbocycles. The maximum Gasteiger partial charge on any atom is 0.303 e. The first-order valence-corrected chi connectivity index (χ1v) is 6.40. The van der Waals surface area contributed by atoms with Crippen molar-refractivity contribution in [3.63, 3.8) is 0 Å². The lowest BCUT2D eigenvalue weighted by Gasteiger charge is -2.17. The van der Waals surface area contributed by atoms with Gasteiger partial charge in [0, 0.05) is 26.1 Å². The molecule has 6 nitrogen and oxygen atoms in total. The molecule has 1 saturated heterocycles. The molecule has 2 atom stereocenters. The van der Waals surface area contributed by atoms with Crippen LogP contribution in [0.25, 0.3) is 0 Å². The molecule has 1 heterocycles. The van der Waals surface area contributed by atoms with Crippen molar-refractivity contribution in [1.82, 2.24) is 4.90 Å². The van der Waals surface area contributed by atoms with E-state index in [0.717, 1.165) is 25.9 Å². The van der Waals surface area contributed by atoms with Gasteiger partial charge in [-0.15, -0.1) is 0 Å². The Kier molecular flexibility index (Phi) is 7.19. The lowest BCUT2D eigenvalue weighted by atomic mass is 10.2. The number of aliphatic hydroxyl groups excluding tert-OH is 1. The Hall–Kier alpha value is -0.690. The third kappa shape index (κ3) is 6.30. The Morgan fingerprint density at radius 3 is 2.83 bits per heavy atom. The van der Waals surface area contributed by atoms with Crippen LogP contribution in [0, 0.1) is 0 Å². The van der Waals surface area contributed by atoms with Gasteiger partial charge in [0.1, 0.15) is 0 Å². The Bertz CT molecular complexity index is 249. The number of carboxylic acid groups (broad SMARTS) is 1. The first kappa shape index (κ1) is 15.4. The van der Waals surface area contributed by atoms with Crippen molar-refractivity contribution < 1.29 is 24.5 Å². The van der Waals surface area contributed by atoms with Crippen molar-refractivity contribution >= 4 is 5.97 Å². The largest absolute Gasteiger partial charge is 0.481 e. The fourth-order valence-electron chi connectivity index (χ4n) is 1.87. The third-order valence-electron chi connectivity index (χ3n) is 2.94. The van der Waals surface area contributed by atoms with E-state index in [2.05, 4.69) is 4.90 Å². The molecular weight excluding hydrogens is 238 g/mol. The normalized spacial score (nSPS) is 23.7. The molecular formula is C12H23NO5. The number of hydrogen-bond acceptors (Lipinski definition) is 5. The van der Waals surface area contributed by atoms with E-state index in [0.29, 0.717) is 13.0 Å². The molecule has 2 unspecified atom stereocenters. The standard InChI is InChI=1S/C12H23NO5/c1-13(6-2-8-14)7-5-10-9-17-12(18-10)4-3-11(15)16/h10,12,14H,2-9H2,1H3,(H,15,16). The summed E-state index contributed by atoms with van der Waals surface area (Å²) in [4.78, 5) is 12.6. The Morgan fingerprint density at radius 2 is 2.17 bits per heavy atom. The Labute approximate surface area is 107 Å². The zero-order valence-electron chi connectivity index (χ0n) is 10.9. The molecule has 0 aliphatic carbocycles. The van der Waals surface area contributed by atoms with Crippen LogP contribution in [0.15, 0.2) is 0 Å². The fourth-order valence-corrected chi connectivity index (χ4v) is 1.87. The smallest absolute Gasteiger partial charge is 0.303 e. The molecule has 1 rings (SSSR count). The molecule has 6 heteroatoms. The number of carboxylic acids is 1. The molecule has 0 amide bonds. The molecule has 106 valence electrons. The third-order valence-corrected chi connectivity index (χ3v) is 2.94. The molecule has 0 spiro atoms. The highest BCUT2D eigenvalue weighted by Gasteiger charge is 2.26. The Balaban J connectivity index is 2.08. The number of ether oxygens (including phenoxy) is 2. The molecule has 18 heavy (non-hydrogen) atoms. The summed E-state index contributed by atoms with van der Waals surface area (Å²) < 4.78 is 11.0. The van der Waals surface area contributed by atoms with Crippen LogP contribution in [0.3, 0.4) is 0 Å². The van der Waals surface area contributed by atoms with Crippen LogP contribution in [0.4, 0.5) is 0 Å². The summed E-state index contributed by atoms with van der Waals surface area (Å²) in [7, 11) is 2.01. The van der Waals surface area contributed by atoms with Crippen molar-refractivity contribution in [2.24, 2.45) is 0 Å². The second-order valence-corrected chi connectivity index (χ2v) is 4.62. The van der Waals surface area contributed by atoms with Gasteiger partial charge in [0.2, 0.25) is 0 Å². The van der Waals surface area contributed by atoms with Gasteiger partial charge in [-0.3, -0.25) is 4.79 Å². The lowest BCUT2D eigenvalue weighted by Crippen LogP contribution is -2.26. The minimum absolute atomic E-state index is 0.0559. The monoisotopic (exact) mass is 261 g/mol. The number of carbonyl (C=O) groups is 1. The highest BCUT2D eigenvalue weighted by molar-refractivity contribution is 5.66. The number of aliphatic hydroxyl groups is 1. The molecule has 1 fully saturated rings. The first-order valence-electron chi connectivity index (χ1n) is 6.40. The van der Waals surface area contributed by atoms with Crippen molar-refractivity contribution in [3.8, 4) is 0 Å². The zero-order chi connectivity index (χ0) is 13.4. The number of aliphatic carboxylic acids is 1. The van der Waals surface area contributed by atoms with E-state index in [1.165, 1.54) is 0 Å². The molecule has 0 radical (unpaired) electrons. The topological polar surface area (TPSA) is 79.2 Å². The van der Waals surface area contributed by atoms with Crippen LogP contribution in [0.1, 0.15) is 25.7 Å². The lowest BCUT2D eigenvalue weighted by molar-refractivity contribution is -0.139. The quantitative estimate of drug-likeness (QED) is 0.621. The van der Waals surface area contributed by atoms with Crippen LogP contribution < -0.4 is 0 Å². The molecule has 1 aliphatic rings. The Morgan fingerprint density at radius 1 is 1.39 bits per heavy atom. The number of rotatable bonds is 9. The van der Waals surface area contributed by atoms with Crippen LogP contribution >= 0.6 is 0 Å². The van der Waals surface area contributed by atoms with Gasteiger partial charge in [-0.2, -0.15) is 0 Å². The van der Waals surface area contributed by atoms with Gasteiger partial charge < -0.3 is 24.6 Å². The molecule has 2 N–H and O–H groups in total. The van der Waals surface area contributed by atoms with Crippen LogP contribution in [0.5, 0.6) is 0 Å². The highest BCUT2D eigenvalue weighted by atomic mass is 16.7. The molecule has 0 aromatic carbocycles. The van der Waals surface area contributed by atoms with Crippen LogP contribution in [-0.2, 0) is 14.3 Å². The zero-order valence-corrected chi connectivity index (χ0v) is 10.9. The predicted octanol–water partition coefficient (Wildman–Crippen LogP) is 0.297. The number of hydrogen-bond donors (Lipinski definition) is 2. The van der Waals surface area contributed by atoms with E-state index in [1.54, 1.807) is 0 Å². The second-order valence-electron chi connectivity index (χ2n) is 4.62. The summed E-state index contributed by atoms with van der Waals surface area (Å²) in [5.41, 5.74) is 0. The van der Waals surface area contributed by atoms with E-state index in [4.69, 9.17) is 19.7 Å². The van der Waals surface area contributed by atoms with E-state index < -0.39 is 5.97 Å². The van der Waals surface area contributed by atoms with Gasteiger partial charge in [-0.05, 0) is 19.9 Å². The van der Waals surface area contributed by atoms with E-state index in [9.17, 15) is 4.79 Å². The maximum absolute atomic E-state index is 10.4. The minimum Gasteiger partial charge on any atom is -0.481 e. The number of nitrogens with zero attached hydrogens (tertiary/aromatic N) is 1. The van der Waals surface area contributed by atoms with E-state index in [1.807, 2.05) is 7.05 Å². The summed E-state index contributed by atoms with van der Waals surface area (Å²) in [5, 5.41) is 17.3. The average molecular weight is 261 g/mol. The van der Waals surface area contributed by atoms with Gasteiger partial charge >= 0.3 is 5.97 Å². The summed E-state index contributed by atoms with van der Waals surface area (Å²) >= 11 is 0.